The smallest absolute Gasteiger partial charge is 0.249 e. The fraction of sp³-hybridized carbons (Fsp3) is 0.439. The Bertz CT molecular complexity index is 2220. The monoisotopic (exact) mass is 762 g/mol. The van der Waals surface area contributed by atoms with Gasteiger partial charge in [0.05, 0.1) is 23.5 Å². The highest BCUT2D eigenvalue weighted by atomic mass is 35.5. The molecule has 0 radical (unpaired) electrons. The van der Waals surface area contributed by atoms with Crippen LogP contribution in [0.1, 0.15) is 38.1 Å². The molecule has 55 heavy (non-hydrogen) atoms. The number of H-pyrrole nitrogens is 1. The van der Waals surface area contributed by atoms with E-state index in [0.29, 0.717) is 48.5 Å². The van der Waals surface area contributed by atoms with Crippen molar-refractivity contribution in [3.05, 3.63) is 72.3 Å². The van der Waals surface area contributed by atoms with Crippen molar-refractivity contribution in [1.82, 2.24) is 39.5 Å². The van der Waals surface area contributed by atoms with Crippen LogP contribution in [0, 0.1) is 5.92 Å². The summed E-state index contributed by atoms with van der Waals surface area (Å²) < 4.78 is 1.95. The maximum atomic E-state index is 13.4. The fourth-order valence-electron chi connectivity index (χ4n) is 8.85. The number of piperidine rings is 2. The predicted molar refractivity (Wildman–Crippen MR) is 214 cm³/mol. The Kier molecular flexibility index (Phi) is 9.92. The van der Waals surface area contributed by atoms with Gasteiger partial charge in [-0.25, -0.2) is 9.97 Å². The summed E-state index contributed by atoms with van der Waals surface area (Å²) in [4.78, 5) is 59.3. The number of imide groups is 1. The highest BCUT2D eigenvalue weighted by Gasteiger charge is 2.31. The van der Waals surface area contributed by atoms with E-state index in [1.807, 2.05) is 46.3 Å². The molecule has 4 saturated heterocycles. The number of benzene rings is 2. The summed E-state index contributed by atoms with van der Waals surface area (Å²) in [6, 6.07) is 14.4. The number of likely N-dealkylation sites (tertiary alicyclic amines) is 2. The van der Waals surface area contributed by atoms with Gasteiger partial charge in [-0.3, -0.25) is 29.5 Å². The van der Waals surface area contributed by atoms with Crippen LogP contribution in [0.15, 0.2) is 67.3 Å². The van der Waals surface area contributed by atoms with E-state index >= 15 is 0 Å². The first-order chi connectivity index (χ1) is 26.8. The topological polar surface area (TPSA) is 135 Å². The SMILES string of the molecule is O=C1CCC(n2cc3ccc(N4CCN(CC5CCN(CC(=O)N6CC[C@@H](Nc7ncc(Cl)c(-c8c[nH]c9ccccc89)n7)C6)CC5)CC4)cc3c2)C(=O)N1. The quantitative estimate of drug-likeness (QED) is 0.182. The fourth-order valence-corrected chi connectivity index (χ4v) is 9.04. The lowest BCUT2D eigenvalue weighted by Crippen LogP contribution is -2.49. The highest BCUT2D eigenvalue weighted by molar-refractivity contribution is 6.33. The Morgan fingerprint density at radius 3 is 2.56 bits per heavy atom. The standard InChI is InChI=1S/C41H47ClN10O3/c42-34-21-44-41(47-39(34)33-20-43-35-4-2-1-3-32(33)35)45-30-11-14-51(25-30)38(54)26-48-12-9-27(10-13-48)22-49-15-17-50(18-16-49)31-6-5-28-23-52(24-29(28)19-31)36-7-8-37(53)46-40(36)55/h1-6,19-21,23-24,27,30,36,43H,7-18,22,25-26H2,(H,44,45,47)(H,46,53,55)/t30-,36?/m1/s1. The molecule has 0 spiro atoms. The molecule has 4 aliphatic heterocycles. The molecule has 9 rings (SSSR count). The number of anilines is 2. The third-order valence-corrected chi connectivity index (χ3v) is 12.3. The molecule has 286 valence electrons. The molecule has 0 bridgehead atoms. The average molecular weight is 763 g/mol. The van der Waals surface area contributed by atoms with Gasteiger partial charge in [-0.2, -0.15) is 0 Å². The van der Waals surface area contributed by atoms with Crippen molar-refractivity contribution >= 4 is 62.6 Å². The lowest BCUT2D eigenvalue weighted by Gasteiger charge is -2.39. The third-order valence-electron chi connectivity index (χ3n) is 12.0. The van der Waals surface area contributed by atoms with Crippen molar-refractivity contribution in [3.8, 4) is 11.3 Å². The lowest BCUT2D eigenvalue weighted by molar-refractivity contribution is -0.136. The number of aromatic amines is 1. The van der Waals surface area contributed by atoms with E-state index in [1.165, 1.54) is 5.69 Å². The molecule has 4 aliphatic rings. The minimum atomic E-state index is -0.338. The van der Waals surface area contributed by atoms with Crippen molar-refractivity contribution in [3.63, 3.8) is 0 Å². The second kappa shape index (κ2) is 15.3. The normalized spacial score (nSPS) is 21.8. The van der Waals surface area contributed by atoms with E-state index in [1.54, 1.807) is 6.20 Å². The van der Waals surface area contributed by atoms with Gasteiger partial charge in [0.2, 0.25) is 23.7 Å². The molecule has 4 fully saturated rings. The van der Waals surface area contributed by atoms with Crippen molar-refractivity contribution < 1.29 is 14.4 Å². The number of piperazine rings is 1. The first kappa shape index (κ1) is 35.7. The van der Waals surface area contributed by atoms with Gasteiger partial charge in [-0.15, -0.1) is 0 Å². The largest absolute Gasteiger partial charge is 0.369 e. The number of carbonyl (C=O) groups excluding carboxylic acids is 3. The molecule has 0 saturated carbocycles. The summed E-state index contributed by atoms with van der Waals surface area (Å²) in [6.45, 7) is 8.89. The molecule has 13 nitrogen and oxygen atoms in total. The van der Waals surface area contributed by atoms with Gasteiger partial charge in [0.15, 0.2) is 0 Å². The Balaban J connectivity index is 0.709. The van der Waals surface area contributed by atoms with Crippen LogP contribution in [0.4, 0.5) is 11.6 Å². The second-order valence-corrected chi connectivity index (χ2v) is 16.0. The Hall–Kier alpha value is -4.98. The molecule has 2 atom stereocenters. The van der Waals surface area contributed by atoms with Gasteiger partial charge >= 0.3 is 0 Å². The van der Waals surface area contributed by atoms with Gasteiger partial charge in [-0.1, -0.05) is 35.9 Å². The number of aromatic nitrogens is 4. The molecule has 1 unspecified atom stereocenters. The molecule has 3 aromatic heterocycles. The number of amides is 3. The number of hydrogen-bond acceptors (Lipinski definition) is 9. The zero-order chi connectivity index (χ0) is 37.5. The van der Waals surface area contributed by atoms with Crippen LogP contribution in [0.25, 0.3) is 32.9 Å². The number of para-hydroxylation sites is 1. The lowest BCUT2D eigenvalue weighted by atomic mass is 9.96. The number of nitrogens with one attached hydrogen (secondary N) is 3. The summed E-state index contributed by atoms with van der Waals surface area (Å²) >= 11 is 6.54. The van der Waals surface area contributed by atoms with E-state index in [-0.39, 0.29) is 29.8 Å². The maximum Gasteiger partial charge on any atom is 0.249 e. The minimum absolute atomic E-state index is 0.0852. The summed E-state index contributed by atoms with van der Waals surface area (Å²) in [5, 5.41) is 9.69. The van der Waals surface area contributed by atoms with Crippen LogP contribution in [-0.2, 0) is 14.4 Å². The van der Waals surface area contributed by atoms with E-state index in [2.05, 4.69) is 59.6 Å². The van der Waals surface area contributed by atoms with E-state index < -0.39 is 0 Å². The van der Waals surface area contributed by atoms with Crippen LogP contribution in [-0.4, -0.2) is 123 Å². The maximum absolute atomic E-state index is 13.4. The summed E-state index contributed by atoms with van der Waals surface area (Å²) in [5.41, 5.74) is 3.86. The van der Waals surface area contributed by atoms with E-state index in [9.17, 15) is 14.4 Å². The van der Waals surface area contributed by atoms with Crippen molar-refractivity contribution in [1.29, 1.82) is 0 Å². The number of hydrogen-bond donors (Lipinski definition) is 3. The van der Waals surface area contributed by atoms with Gasteiger partial charge < -0.3 is 24.7 Å². The Morgan fingerprint density at radius 1 is 0.909 bits per heavy atom. The van der Waals surface area contributed by atoms with Crippen molar-refractivity contribution in [2.75, 3.05) is 75.7 Å². The van der Waals surface area contributed by atoms with Crippen LogP contribution >= 0.6 is 11.6 Å². The zero-order valence-electron chi connectivity index (χ0n) is 30.9. The van der Waals surface area contributed by atoms with Crippen molar-refractivity contribution in [2.24, 2.45) is 5.92 Å². The predicted octanol–water partition coefficient (Wildman–Crippen LogP) is 4.76. The summed E-state index contributed by atoms with van der Waals surface area (Å²) in [7, 11) is 0. The number of carbonyl (C=O) groups is 3. The second-order valence-electron chi connectivity index (χ2n) is 15.6. The molecule has 5 aromatic rings. The molecule has 0 aliphatic carbocycles. The third kappa shape index (κ3) is 7.65. The first-order valence-electron chi connectivity index (χ1n) is 19.6. The van der Waals surface area contributed by atoms with Gasteiger partial charge in [-0.05, 0) is 68.3 Å². The number of rotatable bonds is 9. The highest BCUT2D eigenvalue weighted by Crippen LogP contribution is 2.33. The molecular weight excluding hydrogens is 716 g/mol. The van der Waals surface area contributed by atoms with E-state index in [4.69, 9.17) is 16.6 Å². The zero-order valence-corrected chi connectivity index (χ0v) is 31.7. The Morgan fingerprint density at radius 2 is 1.73 bits per heavy atom. The summed E-state index contributed by atoms with van der Waals surface area (Å²) in [5.74, 6) is 0.951. The number of nitrogens with zero attached hydrogens (tertiary/aromatic N) is 7. The average Bonchev–Trinajstić information content (AvgIpc) is 3.95. The van der Waals surface area contributed by atoms with Crippen LogP contribution in [0.3, 0.4) is 0 Å². The Labute approximate surface area is 325 Å². The first-order valence-corrected chi connectivity index (χ1v) is 20.0. The van der Waals surface area contributed by atoms with Crippen LogP contribution < -0.4 is 15.5 Å². The summed E-state index contributed by atoms with van der Waals surface area (Å²) in [6.07, 6.45) is 11.6. The molecule has 2 aromatic carbocycles. The van der Waals surface area contributed by atoms with Crippen molar-refractivity contribution in [2.45, 2.75) is 44.2 Å². The molecule has 3 N–H and O–H groups in total. The molecule has 7 heterocycles. The number of halogens is 1. The molecule has 14 heteroatoms. The van der Waals surface area contributed by atoms with Gasteiger partial charge in [0, 0.05) is 104 Å². The minimum Gasteiger partial charge on any atom is -0.369 e. The van der Waals surface area contributed by atoms with Gasteiger partial charge in [0.25, 0.3) is 0 Å². The molecule has 3 amide bonds. The van der Waals surface area contributed by atoms with Gasteiger partial charge in [0.1, 0.15) is 6.04 Å². The van der Waals surface area contributed by atoms with Crippen LogP contribution in [0.2, 0.25) is 5.02 Å². The molecular formula is C41H47ClN10O3. The number of fused-ring (bicyclic) bond motifs is 2. The van der Waals surface area contributed by atoms with E-state index in [0.717, 1.165) is 98.9 Å². The van der Waals surface area contributed by atoms with Crippen LogP contribution in [0.5, 0.6) is 0 Å².